The number of guanidine groups is 1. The van der Waals surface area contributed by atoms with Gasteiger partial charge in [-0.15, -0.1) is 0 Å². The maximum atomic E-state index is 6.07. The topological polar surface area (TPSA) is 36.9 Å². The highest BCUT2D eigenvalue weighted by molar-refractivity contribution is 7.07. The quantitative estimate of drug-likeness (QED) is 0.674. The monoisotopic (exact) mass is 337 g/mol. The van der Waals surface area contributed by atoms with E-state index < -0.39 is 0 Å². The second-order valence-corrected chi connectivity index (χ2v) is 8.26. The molecule has 0 amide bonds. The van der Waals surface area contributed by atoms with Crippen LogP contribution in [0.5, 0.6) is 0 Å². The molecule has 1 aliphatic heterocycles. The maximum Gasteiger partial charge on any atom is 0.193 e. The molecule has 0 aliphatic carbocycles. The summed E-state index contributed by atoms with van der Waals surface area (Å²) < 4.78 is 6.07. The molecule has 0 aromatic carbocycles. The Bertz CT molecular complexity index is 493. The molecule has 1 aromatic heterocycles. The molecule has 2 heterocycles. The van der Waals surface area contributed by atoms with Crippen molar-refractivity contribution in [3.05, 3.63) is 22.4 Å². The summed E-state index contributed by atoms with van der Waals surface area (Å²) in [6.07, 6.45) is 2.69. The summed E-state index contributed by atoms with van der Waals surface area (Å²) in [5.74, 6) is 1.49. The van der Waals surface area contributed by atoms with Gasteiger partial charge in [-0.05, 0) is 40.6 Å². The molecule has 2 rings (SSSR count). The normalized spacial score (nSPS) is 22.9. The number of rotatable bonds is 4. The predicted octanol–water partition coefficient (Wildman–Crippen LogP) is 3.60. The third-order valence-corrected chi connectivity index (χ3v) is 5.13. The minimum absolute atomic E-state index is 0.179. The van der Waals surface area contributed by atoms with Gasteiger partial charge in [-0.25, -0.2) is 0 Å². The molecule has 5 heteroatoms. The van der Waals surface area contributed by atoms with E-state index in [2.05, 4.69) is 59.9 Å². The molecular weight excluding hydrogens is 306 g/mol. The Hall–Kier alpha value is -1.07. The van der Waals surface area contributed by atoms with Crippen LogP contribution in [0.4, 0.5) is 0 Å². The Morgan fingerprint density at radius 1 is 1.48 bits per heavy atom. The molecular formula is C18H31N3OS. The van der Waals surface area contributed by atoms with Crippen molar-refractivity contribution in [2.24, 2.45) is 16.3 Å². The minimum atomic E-state index is 0.179. The molecule has 1 saturated heterocycles. The summed E-state index contributed by atoms with van der Waals surface area (Å²) in [5, 5.41) is 7.86. The number of thiophene rings is 1. The van der Waals surface area contributed by atoms with Crippen molar-refractivity contribution in [3.8, 4) is 0 Å². The first kappa shape index (κ1) is 18.3. The van der Waals surface area contributed by atoms with E-state index in [-0.39, 0.29) is 5.41 Å². The van der Waals surface area contributed by atoms with Crippen LogP contribution >= 0.6 is 11.3 Å². The van der Waals surface area contributed by atoms with E-state index >= 15 is 0 Å². The Labute approximate surface area is 144 Å². The fraction of sp³-hybridized carbons (Fsp3) is 0.722. The van der Waals surface area contributed by atoms with Crippen molar-refractivity contribution < 1.29 is 4.74 Å². The molecule has 0 bridgehead atoms. The molecule has 0 spiro atoms. The summed E-state index contributed by atoms with van der Waals surface area (Å²) >= 11 is 1.74. The smallest absolute Gasteiger partial charge is 0.193 e. The SMILES string of the molecule is CN=C(NCC1CCCOC1C(C)(C)C)N(C)Cc1ccsc1. The van der Waals surface area contributed by atoms with Gasteiger partial charge in [0.25, 0.3) is 0 Å². The Balaban J connectivity index is 1.91. The Kier molecular flexibility index (Phi) is 6.48. The molecule has 1 fully saturated rings. The zero-order valence-electron chi connectivity index (χ0n) is 15.1. The summed E-state index contributed by atoms with van der Waals surface area (Å²) in [5.41, 5.74) is 1.51. The lowest BCUT2D eigenvalue weighted by Gasteiger charge is -2.40. The lowest BCUT2D eigenvalue weighted by Crippen LogP contribution is -2.47. The van der Waals surface area contributed by atoms with Gasteiger partial charge in [-0.3, -0.25) is 4.99 Å². The third kappa shape index (κ3) is 5.21. The first-order valence-electron chi connectivity index (χ1n) is 8.46. The molecule has 23 heavy (non-hydrogen) atoms. The van der Waals surface area contributed by atoms with Crippen molar-refractivity contribution in [2.75, 3.05) is 27.2 Å². The highest BCUT2D eigenvalue weighted by atomic mass is 32.1. The van der Waals surface area contributed by atoms with Crippen LogP contribution in [0.15, 0.2) is 21.8 Å². The first-order chi connectivity index (χ1) is 10.9. The minimum Gasteiger partial charge on any atom is -0.377 e. The Morgan fingerprint density at radius 2 is 2.26 bits per heavy atom. The fourth-order valence-electron chi connectivity index (χ4n) is 3.35. The maximum absolute atomic E-state index is 6.07. The van der Waals surface area contributed by atoms with Gasteiger partial charge in [-0.1, -0.05) is 20.8 Å². The van der Waals surface area contributed by atoms with E-state index in [0.717, 1.165) is 32.1 Å². The zero-order valence-corrected chi connectivity index (χ0v) is 15.9. The molecule has 0 saturated carbocycles. The molecule has 0 radical (unpaired) electrons. The number of hydrogen-bond donors (Lipinski definition) is 1. The molecule has 1 N–H and O–H groups in total. The van der Waals surface area contributed by atoms with Crippen LogP contribution in [0, 0.1) is 11.3 Å². The van der Waals surface area contributed by atoms with E-state index in [9.17, 15) is 0 Å². The van der Waals surface area contributed by atoms with E-state index in [4.69, 9.17) is 4.74 Å². The first-order valence-corrected chi connectivity index (χ1v) is 9.40. The summed E-state index contributed by atoms with van der Waals surface area (Å²) in [4.78, 5) is 6.61. The van der Waals surface area contributed by atoms with Gasteiger partial charge in [0.05, 0.1) is 6.10 Å². The average Bonchev–Trinajstić information content (AvgIpc) is 3.00. The van der Waals surface area contributed by atoms with E-state index in [1.54, 1.807) is 11.3 Å². The molecule has 2 unspecified atom stereocenters. The van der Waals surface area contributed by atoms with Crippen molar-refractivity contribution >= 4 is 17.3 Å². The van der Waals surface area contributed by atoms with E-state index in [0.29, 0.717) is 12.0 Å². The lowest BCUT2D eigenvalue weighted by atomic mass is 9.78. The summed E-state index contributed by atoms with van der Waals surface area (Å²) in [6.45, 7) is 9.51. The van der Waals surface area contributed by atoms with Gasteiger partial charge in [0.1, 0.15) is 0 Å². The lowest BCUT2D eigenvalue weighted by molar-refractivity contribution is -0.0836. The number of nitrogens with zero attached hydrogens (tertiary/aromatic N) is 2. The molecule has 1 aromatic rings. The van der Waals surface area contributed by atoms with Crippen LogP contribution in [0.2, 0.25) is 0 Å². The van der Waals surface area contributed by atoms with Crippen LogP contribution in [0.3, 0.4) is 0 Å². The number of ether oxygens (including phenoxy) is 1. The number of nitrogens with one attached hydrogen (secondary N) is 1. The van der Waals surface area contributed by atoms with Gasteiger partial charge in [0, 0.05) is 39.7 Å². The Morgan fingerprint density at radius 3 is 2.87 bits per heavy atom. The van der Waals surface area contributed by atoms with Gasteiger partial charge in [0.15, 0.2) is 5.96 Å². The van der Waals surface area contributed by atoms with Gasteiger partial charge >= 0.3 is 0 Å². The highest BCUT2D eigenvalue weighted by Gasteiger charge is 2.35. The van der Waals surface area contributed by atoms with Crippen molar-refractivity contribution in [1.82, 2.24) is 10.2 Å². The molecule has 2 atom stereocenters. The second-order valence-electron chi connectivity index (χ2n) is 7.48. The second kappa shape index (κ2) is 8.15. The number of aliphatic imine (C=N–C) groups is 1. The summed E-state index contributed by atoms with van der Waals surface area (Å²) in [6, 6.07) is 2.17. The van der Waals surface area contributed by atoms with Crippen LogP contribution < -0.4 is 5.32 Å². The summed E-state index contributed by atoms with van der Waals surface area (Å²) in [7, 11) is 3.94. The predicted molar refractivity (Wildman–Crippen MR) is 99.1 cm³/mol. The van der Waals surface area contributed by atoms with Crippen molar-refractivity contribution in [1.29, 1.82) is 0 Å². The largest absolute Gasteiger partial charge is 0.377 e. The third-order valence-electron chi connectivity index (χ3n) is 4.39. The average molecular weight is 338 g/mol. The van der Waals surface area contributed by atoms with E-state index in [1.165, 1.54) is 12.0 Å². The van der Waals surface area contributed by atoms with Crippen LogP contribution in [0.25, 0.3) is 0 Å². The van der Waals surface area contributed by atoms with Crippen LogP contribution in [-0.4, -0.2) is 44.2 Å². The van der Waals surface area contributed by atoms with Crippen LogP contribution in [0.1, 0.15) is 39.2 Å². The number of hydrogen-bond acceptors (Lipinski definition) is 3. The van der Waals surface area contributed by atoms with Gasteiger partial charge in [-0.2, -0.15) is 11.3 Å². The van der Waals surface area contributed by atoms with Gasteiger partial charge < -0.3 is 15.0 Å². The molecule has 130 valence electrons. The molecule has 4 nitrogen and oxygen atoms in total. The highest BCUT2D eigenvalue weighted by Crippen LogP contribution is 2.33. The zero-order chi connectivity index (χ0) is 16.9. The van der Waals surface area contributed by atoms with Crippen molar-refractivity contribution in [3.63, 3.8) is 0 Å². The van der Waals surface area contributed by atoms with Crippen molar-refractivity contribution in [2.45, 2.75) is 46.3 Å². The van der Waals surface area contributed by atoms with Gasteiger partial charge in [0.2, 0.25) is 0 Å². The standard InChI is InChI=1S/C18H31N3OS/c1-18(2,3)16-15(7-6-9-22-16)11-20-17(19-4)21(5)12-14-8-10-23-13-14/h8,10,13,15-16H,6-7,9,11-12H2,1-5H3,(H,19,20). The fourth-order valence-corrected chi connectivity index (χ4v) is 4.01. The van der Waals surface area contributed by atoms with Crippen LogP contribution in [-0.2, 0) is 11.3 Å². The van der Waals surface area contributed by atoms with E-state index in [1.807, 2.05) is 7.05 Å². The molecule has 1 aliphatic rings.